The monoisotopic (exact) mass is 835 g/mol. The highest BCUT2D eigenvalue weighted by Crippen LogP contribution is 2.69. The second-order valence-corrected chi connectivity index (χ2v) is 26.1. The van der Waals surface area contributed by atoms with Gasteiger partial charge in [0.1, 0.15) is 0 Å². The first-order chi connectivity index (χ1) is 27.9. The molecular formula is C54H90O4S. The summed E-state index contributed by atoms with van der Waals surface area (Å²) < 4.78 is 39.5. The van der Waals surface area contributed by atoms with Gasteiger partial charge in [-0.05, 0) is 195 Å². The van der Waals surface area contributed by atoms with Gasteiger partial charge in [0.25, 0.3) is 0 Å². The minimum atomic E-state index is -4.09. The summed E-state index contributed by atoms with van der Waals surface area (Å²) in [6, 6.07) is 0. The number of allylic oxidation sites excluding steroid dienone is 2. The molecule has 0 aromatic heterocycles. The predicted octanol–water partition coefficient (Wildman–Crippen LogP) is 15.1. The fourth-order valence-electron chi connectivity index (χ4n) is 17.8. The molecule has 4 nitrogen and oxygen atoms in total. The van der Waals surface area contributed by atoms with Gasteiger partial charge in [-0.25, -0.2) is 8.37 Å². The van der Waals surface area contributed by atoms with Gasteiger partial charge in [-0.1, -0.05) is 131 Å². The summed E-state index contributed by atoms with van der Waals surface area (Å²) >= 11 is 0. The molecule has 5 heteroatoms. The van der Waals surface area contributed by atoms with E-state index in [1.165, 1.54) is 114 Å². The molecular weight excluding hydrogens is 745 g/mol. The highest BCUT2D eigenvalue weighted by atomic mass is 32.3. The summed E-state index contributed by atoms with van der Waals surface area (Å²) in [7, 11) is -4.09. The first-order valence-electron chi connectivity index (χ1n) is 25.9. The quantitative estimate of drug-likeness (QED) is 0.164. The Morgan fingerprint density at radius 1 is 0.542 bits per heavy atom. The molecule has 16 atom stereocenters. The van der Waals surface area contributed by atoms with E-state index in [2.05, 4.69) is 81.4 Å². The lowest BCUT2D eigenvalue weighted by atomic mass is 9.47. The van der Waals surface area contributed by atoms with Crippen molar-refractivity contribution in [3.8, 4) is 0 Å². The second-order valence-electron chi connectivity index (χ2n) is 24.9. The minimum absolute atomic E-state index is 0.177. The van der Waals surface area contributed by atoms with Crippen LogP contribution in [0.15, 0.2) is 23.3 Å². The fraction of sp³-hybridized carbons (Fsp3) is 0.926. The largest absolute Gasteiger partial charge is 0.400 e. The van der Waals surface area contributed by atoms with Crippen LogP contribution in [0.1, 0.15) is 210 Å². The third-order valence-corrected chi connectivity index (χ3v) is 22.0. The molecule has 6 fully saturated rings. The van der Waals surface area contributed by atoms with Crippen LogP contribution in [0, 0.1) is 92.7 Å². The van der Waals surface area contributed by atoms with Crippen molar-refractivity contribution in [2.45, 2.75) is 223 Å². The van der Waals surface area contributed by atoms with E-state index in [1.807, 2.05) is 0 Å². The van der Waals surface area contributed by atoms with Crippen molar-refractivity contribution in [1.29, 1.82) is 0 Å². The van der Waals surface area contributed by atoms with Gasteiger partial charge in [-0.3, -0.25) is 0 Å². The van der Waals surface area contributed by atoms with Gasteiger partial charge < -0.3 is 0 Å². The number of hydrogen-bond donors (Lipinski definition) is 0. The van der Waals surface area contributed by atoms with Crippen LogP contribution >= 0.6 is 0 Å². The van der Waals surface area contributed by atoms with Gasteiger partial charge in [0.2, 0.25) is 0 Å². The standard InChI is InChI=1S/C54H90O4S/c1-35(2)13-11-15-37(5)45-21-23-47-43-19-17-39-33-41(25-29-51(39,7)49(43)27-31-53(45,47)9)57-59(55,56)58-42-26-30-52(8)40(34-42)18-20-44-48-24-22-46(38(6)16-12-14-36(3)4)54(48,10)32-28-50(44)52/h17-18,35-38,41-50H,11-16,19-34H2,1-10H3/t37-,38+,41-,42-,43-,44+,45-,46-,47-,48+,49+,50+,51+,52-,53-,54+/m0/s1. The van der Waals surface area contributed by atoms with Crippen molar-refractivity contribution in [2.24, 2.45) is 92.7 Å². The molecule has 0 radical (unpaired) electrons. The van der Waals surface area contributed by atoms with E-state index in [0.29, 0.717) is 10.8 Å². The van der Waals surface area contributed by atoms with Crippen LogP contribution in [-0.2, 0) is 18.8 Å². The van der Waals surface area contributed by atoms with Crippen LogP contribution in [-0.4, -0.2) is 20.6 Å². The van der Waals surface area contributed by atoms with Crippen LogP contribution in [0.3, 0.4) is 0 Å². The van der Waals surface area contributed by atoms with E-state index in [-0.39, 0.29) is 23.0 Å². The molecule has 0 N–H and O–H groups in total. The third kappa shape index (κ3) is 8.32. The first-order valence-corrected chi connectivity index (χ1v) is 27.2. The first kappa shape index (κ1) is 44.9. The van der Waals surface area contributed by atoms with E-state index >= 15 is 0 Å². The molecule has 59 heavy (non-hydrogen) atoms. The lowest BCUT2D eigenvalue weighted by Crippen LogP contribution is -2.51. The molecule has 8 rings (SSSR count). The zero-order valence-corrected chi connectivity index (χ0v) is 40.7. The van der Waals surface area contributed by atoms with E-state index < -0.39 is 10.4 Å². The van der Waals surface area contributed by atoms with Crippen molar-refractivity contribution in [3.63, 3.8) is 0 Å². The van der Waals surface area contributed by atoms with Crippen molar-refractivity contribution >= 4 is 10.4 Å². The van der Waals surface area contributed by atoms with Gasteiger partial charge >= 0.3 is 10.4 Å². The molecule has 0 aliphatic heterocycles. The van der Waals surface area contributed by atoms with Crippen LogP contribution in [0.25, 0.3) is 0 Å². The van der Waals surface area contributed by atoms with Crippen LogP contribution < -0.4 is 0 Å². The van der Waals surface area contributed by atoms with Gasteiger partial charge in [0, 0.05) is 0 Å². The number of hydrogen-bond acceptors (Lipinski definition) is 4. The van der Waals surface area contributed by atoms with Gasteiger partial charge in [0.15, 0.2) is 0 Å². The molecule has 0 bridgehead atoms. The van der Waals surface area contributed by atoms with Gasteiger partial charge in [-0.2, -0.15) is 8.42 Å². The third-order valence-electron chi connectivity index (χ3n) is 21.0. The molecule has 0 aromatic rings. The maximum atomic E-state index is 13.7. The lowest BCUT2D eigenvalue weighted by Gasteiger charge is -2.58. The molecule has 336 valence electrons. The second kappa shape index (κ2) is 17.0. The molecule has 0 unspecified atom stereocenters. The van der Waals surface area contributed by atoms with Crippen molar-refractivity contribution in [3.05, 3.63) is 23.3 Å². The Labute approximate surface area is 364 Å². The fourth-order valence-corrected chi connectivity index (χ4v) is 18.9. The SMILES string of the molecule is CC(C)CCC[C@@H](C)[C@@H]1CC[C@@H]2[C@H]3CC=C4C[C@@H](OS(=O)(=O)O[C@H]5CC[C@]6(C)C(=CC[C@@H]7[C@H]6CC[C@]6(C)[C@H]7CC[C@H]6[C@@H](C)CCCC(C)C)C5)CC[C@]4(C)[C@@H]3CC[C@@]21C. The summed E-state index contributed by atoms with van der Waals surface area (Å²) in [5, 5.41) is 0. The summed E-state index contributed by atoms with van der Waals surface area (Å²) in [4.78, 5) is 0. The summed E-state index contributed by atoms with van der Waals surface area (Å²) in [5.41, 5.74) is 4.30. The van der Waals surface area contributed by atoms with Crippen LogP contribution in [0.2, 0.25) is 0 Å². The number of rotatable bonds is 14. The topological polar surface area (TPSA) is 52.6 Å². The Hall–Kier alpha value is -0.650. The Balaban J connectivity index is 0.856. The van der Waals surface area contributed by atoms with Gasteiger partial charge in [0.05, 0.1) is 12.2 Å². The average molecular weight is 835 g/mol. The van der Waals surface area contributed by atoms with E-state index in [4.69, 9.17) is 8.37 Å². The molecule has 8 aliphatic rings. The summed E-state index contributed by atoms with van der Waals surface area (Å²) in [5.74, 6) is 9.72. The molecule has 0 aromatic carbocycles. The maximum Gasteiger partial charge on any atom is 0.400 e. The smallest absolute Gasteiger partial charge is 0.245 e. The van der Waals surface area contributed by atoms with Crippen molar-refractivity contribution < 1.29 is 16.8 Å². The molecule has 0 amide bonds. The normalized spacial score (nSPS) is 45.4. The van der Waals surface area contributed by atoms with E-state index in [0.717, 1.165) is 110 Å². The van der Waals surface area contributed by atoms with E-state index in [1.54, 1.807) is 0 Å². The Kier molecular flexibility index (Phi) is 13.0. The van der Waals surface area contributed by atoms with Crippen LogP contribution in [0.4, 0.5) is 0 Å². The molecule has 6 saturated carbocycles. The molecule has 8 aliphatic carbocycles. The highest BCUT2D eigenvalue weighted by molar-refractivity contribution is 7.81. The predicted molar refractivity (Wildman–Crippen MR) is 245 cm³/mol. The average Bonchev–Trinajstić information content (AvgIpc) is 3.71. The Morgan fingerprint density at radius 3 is 1.34 bits per heavy atom. The van der Waals surface area contributed by atoms with Crippen molar-refractivity contribution in [2.75, 3.05) is 0 Å². The molecule has 0 saturated heterocycles. The zero-order chi connectivity index (χ0) is 42.1. The summed E-state index contributed by atoms with van der Waals surface area (Å²) in [6.45, 7) is 25.1. The highest BCUT2D eigenvalue weighted by Gasteiger charge is 2.61. The van der Waals surface area contributed by atoms with Crippen LogP contribution in [0.5, 0.6) is 0 Å². The molecule has 0 heterocycles. The van der Waals surface area contributed by atoms with Crippen molar-refractivity contribution in [1.82, 2.24) is 0 Å². The zero-order valence-electron chi connectivity index (χ0n) is 39.8. The number of fused-ring (bicyclic) bond motifs is 10. The van der Waals surface area contributed by atoms with Gasteiger partial charge in [-0.15, -0.1) is 0 Å². The van der Waals surface area contributed by atoms with E-state index in [9.17, 15) is 8.42 Å². The molecule has 0 spiro atoms. The Bertz CT molecular complexity index is 1550. The lowest BCUT2D eigenvalue weighted by molar-refractivity contribution is -0.0589. The summed E-state index contributed by atoms with van der Waals surface area (Å²) in [6.07, 6.45) is 31.4. The maximum absolute atomic E-state index is 13.7. The minimum Gasteiger partial charge on any atom is -0.245 e. The Morgan fingerprint density at radius 2 is 0.949 bits per heavy atom.